The maximum absolute atomic E-state index is 11.4. The fourth-order valence-corrected chi connectivity index (χ4v) is 3.42. The lowest BCUT2D eigenvalue weighted by atomic mass is 9.93. The Hall–Kier alpha value is -1.91. The first-order chi connectivity index (χ1) is 11.5. The van der Waals surface area contributed by atoms with Crippen molar-refractivity contribution in [1.29, 1.82) is 0 Å². The molecule has 0 saturated carbocycles. The Balaban J connectivity index is 1.96. The van der Waals surface area contributed by atoms with E-state index in [0.29, 0.717) is 11.6 Å². The van der Waals surface area contributed by atoms with Gasteiger partial charge in [0.25, 0.3) is 0 Å². The Labute approximate surface area is 147 Å². The van der Waals surface area contributed by atoms with Gasteiger partial charge in [-0.05, 0) is 55.6 Å². The second-order valence-electron chi connectivity index (χ2n) is 6.39. The van der Waals surface area contributed by atoms with Crippen molar-refractivity contribution in [2.45, 2.75) is 25.8 Å². The minimum absolute atomic E-state index is 0.0509. The van der Waals surface area contributed by atoms with E-state index in [9.17, 15) is 9.90 Å². The maximum atomic E-state index is 11.4. The number of benzene rings is 1. The van der Waals surface area contributed by atoms with Crippen LogP contribution in [0.5, 0.6) is 0 Å². The van der Waals surface area contributed by atoms with E-state index >= 15 is 0 Å². The summed E-state index contributed by atoms with van der Waals surface area (Å²) in [7, 11) is 0. The van der Waals surface area contributed by atoms with E-state index in [1.165, 1.54) is 0 Å². The minimum atomic E-state index is -0.716. The Morgan fingerprint density at radius 1 is 1.29 bits per heavy atom. The van der Waals surface area contributed by atoms with Gasteiger partial charge in [0.1, 0.15) is 0 Å². The van der Waals surface area contributed by atoms with Gasteiger partial charge < -0.3 is 5.11 Å². The first-order valence-corrected chi connectivity index (χ1v) is 8.57. The summed E-state index contributed by atoms with van der Waals surface area (Å²) in [6.07, 6.45) is 3.48. The predicted octanol–water partition coefficient (Wildman–Crippen LogP) is 3.93. The van der Waals surface area contributed by atoms with E-state index in [-0.39, 0.29) is 12.0 Å². The van der Waals surface area contributed by atoms with Gasteiger partial charge in [-0.3, -0.25) is 14.7 Å². The van der Waals surface area contributed by atoms with Gasteiger partial charge in [-0.25, -0.2) is 0 Å². The molecule has 1 saturated heterocycles. The molecule has 0 amide bonds. The van der Waals surface area contributed by atoms with Crippen molar-refractivity contribution in [3.05, 3.63) is 64.4 Å². The summed E-state index contributed by atoms with van der Waals surface area (Å²) in [5.74, 6) is -1.04. The largest absolute Gasteiger partial charge is 0.481 e. The van der Waals surface area contributed by atoms with Gasteiger partial charge in [-0.2, -0.15) is 0 Å². The second kappa shape index (κ2) is 7.32. The molecule has 1 fully saturated rings. The van der Waals surface area contributed by atoms with Crippen molar-refractivity contribution in [2.75, 3.05) is 13.1 Å². The van der Waals surface area contributed by atoms with Crippen LogP contribution < -0.4 is 0 Å². The molecule has 2 heterocycles. The van der Waals surface area contributed by atoms with Crippen molar-refractivity contribution >= 4 is 17.6 Å². The first kappa shape index (κ1) is 16.9. The predicted molar refractivity (Wildman–Crippen MR) is 94.2 cm³/mol. The van der Waals surface area contributed by atoms with E-state index in [1.54, 1.807) is 0 Å². The minimum Gasteiger partial charge on any atom is -0.481 e. The summed E-state index contributed by atoms with van der Waals surface area (Å²) in [4.78, 5) is 18.3. The number of likely N-dealkylation sites (tertiary alicyclic amines) is 1. The Kier molecular flexibility index (Phi) is 5.17. The number of hydrogen-bond donors (Lipinski definition) is 1. The molecule has 0 spiro atoms. The number of rotatable bonds is 4. The lowest BCUT2D eigenvalue weighted by molar-refractivity contribution is -0.143. The molecule has 5 heteroatoms. The normalized spacial score (nSPS) is 19.8. The zero-order chi connectivity index (χ0) is 17.1. The van der Waals surface area contributed by atoms with Crippen LogP contribution in [-0.4, -0.2) is 34.0 Å². The number of halogens is 1. The van der Waals surface area contributed by atoms with Gasteiger partial charge in [-0.1, -0.05) is 29.8 Å². The fraction of sp³-hybridized carbons (Fsp3) is 0.368. The van der Waals surface area contributed by atoms with Crippen molar-refractivity contribution < 1.29 is 9.90 Å². The van der Waals surface area contributed by atoms with E-state index in [1.807, 2.05) is 49.5 Å². The highest BCUT2D eigenvalue weighted by Crippen LogP contribution is 2.32. The quantitative estimate of drug-likeness (QED) is 0.913. The van der Waals surface area contributed by atoms with E-state index in [0.717, 1.165) is 36.2 Å². The van der Waals surface area contributed by atoms with E-state index < -0.39 is 5.97 Å². The number of carboxylic acid groups (broad SMARTS) is 1. The number of carboxylic acids is 1. The number of aryl methyl sites for hydroxylation is 1. The molecule has 0 aliphatic carbocycles. The summed E-state index contributed by atoms with van der Waals surface area (Å²) >= 11 is 6.03. The average Bonchev–Trinajstić information content (AvgIpc) is 2.59. The first-order valence-electron chi connectivity index (χ1n) is 8.19. The molecule has 0 radical (unpaired) electrons. The SMILES string of the molecule is Cc1ccc(C(c2ccc(Cl)cc2)N2CCCC(C(=O)O)C2)nc1. The highest BCUT2D eigenvalue weighted by atomic mass is 35.5. The third-order valence-electron chi connectivity index (χ3n) is 4.57. The average molecular weight is 345 g/mol. The summed E-state index contributed by atoms with van der Waals surface area (Å²) in [6.45, 7) is 3.42. The third kappa shape index (κ3) is 3.77. The fourth-order valence-electron chi connectivity index (χ4n) is 3.30. The zero-order valence-corrected chi connectivity index (χ0v) is 14.4. The van der Waals surface area contributed by atoms with Crippen molar-refractivity contribution in [3.63, 3.8) is 0 Å². The molecule has 1 aromatic carbocycles. The Bertz CT molecular complexity index is 655. The number of aromatic nitrogens is 1. The molecule has 1 aliphatic heterocycles. The molecular formula is C19H21ClN2O2. The number of carbonyl (C=O) groups is 1. The molecular weight excluding hydrogens is 324 g/mol. The van der Waals surface area contributed by atoms with Gasteiger partial charge in [0.05, 0.1) is 17.7 Å². The highest BCUT2D eigenvalue weighted by molar-refractivity contribution is 6.30. The summed E-state index contributed by atoms with van der Waals surface area (Å²) in [5, 5.41) is 10.1. The lowest BCUT2D eigenvalue weighted by Gasteiger charge is -2.37. The topological polar surface area (TPSA) is 53.4 Å². The summed E-state index contributed by atoms with van der Waals surface area (Å²) in [5.41, 5.74) is 3.13. The molecule has 3 rings (SSSR count). The van der Waals surface area contributed by atoms with Gasteiger partial charge in [0.2, 0.25) is 0 Å². The standard InChI is InChI=1S/C19H21ClN2O2/c1-13-4-9-17(21-11-13)18(14-5-7-16(20)8-6-14)22-10-2-3-15(12-22)19(23)24/h4-9,11,15,18H,2-3,10,12H2,1H3,(H,23,24). The zero-order valence-electron chi connectivity index (χ0n) is 13.7. The van der Waals surface area contributed by atoms with Crippen LogP contribution in [0.25, 0.3) is 0 Å². The Morgan fingerprint density at radius 2 is 2.04 bits per heavy atom. The van der Waals surface area contributed by atoms with Crippen LogP contribution in [0.2, 0.25) is 5.02 Å². The molecule has 1 N–H and O–H groups in total. The number of pyridine rings is 1. The molecule has 1 aromatic heterocycles. The number of piperidine rings is 1. The van der Waals surface area contributed by atoms with Crippen LogP contribution in [0.4, 0.5) is 0 Å². The van der Waals surface area contributed by atoms with E-state index in [4.69, 9.17) is 11.6 Å². The second-order valence-corrected chi connectivity index (χ2v) is 6.82. The molecule has 2 unspecified atom stereocenters. The molecule has 2 aromatic rings. The summed E-state index contributed by atoms with van der Waals surface area (Å²) < 4.78 is 0. The van der Waals surface area contributed by atoms with Crippen LogP contribution >= 0.6 is 11.6 Å². The van der Waals surface area contributed by atoms with Crippen LogP contribution in [0.1, 0.15) is 35.7 Å². The van der Waals surface area contributed by atoms with Crippen LogP contribution in [0.3, 0.4) is 0 Å². The molecule has 24 heavy (non-hydrogen) atoms. The van der Waals surface area contributed by atoms with Gasteiger partial charge in [-0.15, -0.1) is 0 Å². The number of hydrogen-bond acceptors (Lipinski definition) is 3. The van der Waals surface area contributed by atoms with Crippen molar-refractivity contribution in [1.82, 2.24) is 9.88 Å². The van der Waals surface area contributed by atoms with Crippen LogP contribution in [0, 0.1) is 12.8 Å². The molecule has 2 atom stereocenters. The monoisotopic (exact) mass is 344 g/mol. The van der Waals surface area contributed by atoms with Gasteiger partial charge in [0.15, 0.2) is 0 Å². The van der Waals surface area contributed by atoms with Crippen molar-refractivity contribution in [2.24, 2.45) is 5.92 Å². The molecule has 0 bridgehead atoms. The number of nitrogens with zero attached hydrogens (tertiary/aromatic N) is 2. The van der Waals surface area contributed by atoms with Gasteiger partial charge >= 0.3 is 5.97 Å². The highest BCUT2D eigenvalue weighted by Gasteiger charge is 2.31. The van der Waals surface area contributed by atoms with Crippen LogP contribution in [0.15, 0.2) is 42.6 Å². The summed E-state index contributed by atoms with van der Waals surface area (Å²) in [6, 6.07) is 11.8. The smallest absolute Gasteiger partial charge is 0.307 e. The van der Waals surface area contributed by atoms with Gasteiger partial charge in [0, 0.05) is 17.8 Å². The molecule has 126 valence electrons. The van der Waals surface area contributed by atoms with E-state index in [2.05, 4.69) is 9.88 Å². The van der Waals surface area contributed by atoms with Crippen molar-refractivity contribution in [3.8, 4) is 0 Å². The molecule has 1 aliphatic rings. The third-order valence-corrected chi connectivity index (χ3v) is 4.82. The number of aliphatic carboxylic acids is 1. The lowest BCUT2D eigenvalue weighted by Crippen LogP contribution is -2.41. The van der Waals surface area contributed by atoms with Crippen LogP contribution in [-0.2, 0) is 4.79 Å². The molecule has 4 nitrogen and oxygen atoms in total. The maximum Gasteiger partial charge on any atom is 0.307 e. The Morgan fingerprint density at radius 3 is 2.67 bits per heavy atom.